The molecule has 1 aromatic rings. The van der Waals surface area contributed by atoms with Crippen LogP contribution in [0.25, 0.3) is 0 Å². The molecule has 4 N–H and O–H groups in total. The van der Waals surface area contributed by atoms with Crippen molar-refractivity contribution in [2.75, 3.05) is 32.6 Å². The summed E-state index contributed by atoms with van der Waals surface area (Å²) in [6.45, 7) is 1.66. The van der Waals surface area contributed by atoms with E-state index in [1.807, 2.05) is 14.1 Å². The Balaban J connectivity index is 2.36. The summed E-state index contributed by atoms with van der Waals surface area (Å²) in [6, 6.07) is 7.04. The van der Waals surface area contributed by atoms with Gasteiger partial charge in [0.05, 0.1) is 0 Å². The van der Waals surface area contributed by atoms with Crippen LogP contribution in [-0.2, 0) is 0 Å². The Bertz CT molecular complexity index is 348. The molecular weight excluding hydrogens is 216 g/mol. The number of anilines is 1. The van der Waals surface area contributed by atoms with Crippen LogP contribution in [-0.4, -0.2) is 38.0 Å². The molecule has 0 bridgehead atoms. The first-order valence-corrected chi connectivity index (χ1v) is 5.63. The second-order valence-electron chi connectivity index (χ2n) is 4.13. The van der Waals surface area contributed by atoms with Crippen molar-refractivity contribution in [1.29, 1.82) is 0 Å². The van der Waals surface area contributed by atoms with Crippen molar-refractivity contribution >= 4 is 11.6 Å². The minimum absolute atomic E-state index is 0.0488. The number of hydrogen-bond acceptors (Lipinski definition) is 4. The summed E-state index contributed by atoms with van der Waals surface area (Å²) in [7, 11) is 4.03. The van der Waals surface area contributed by atoms with Crippen LogP contribution in [0.4, 0.5) is 5.69 Å². The summed E-state index contributed by atoms with van der Waals surface area (Å²) in [6.07, 6.45) is 0.946. The van der Waals surface area contributed by atoms with Crippen LogP contribution in [0.15, 0.2) is 24.3 Å². The molecule has 0 saturated heterocycles. The van der Waals surface area contributed by atoms with Gasteiger partial charge in [-0.05, 0) is 51.3 Å². The Morgan fingerprint density at radius 2 is 1.94 bits per heavy atom. The molecule has 17 heavy (non-hydrogen) atoms. The lowest BCUT2D eigenvalue weighted by Gasteiger charge is -2.10. The van der Waals surface area contributed by atoms with Gasteiger partial charge in [-0.25, -0.2) is 0 Å². The first kappa shape index (κ1) is 13.5. The molecule has 1 rings (SSSR count). The molecule has 0 aliphatic rings. The fourth-order valence-corrected chi connectivity index (χ4v) is 1.42. The highest BCUT2D eigenvalue weighted by molar-refractivity contribution is 5.94. The molecule has 1 aromatic carbocycles. The van der Waals surface area contributed by atoms with Crippen LogP contribution in [0.5, 0.6) is 0 Å². The highest BCUT2D eigenvalue weighted by Gasteiger charge is 2.04. The van der Waals surface area contributed by atoms with Gasteiger partial charge in [0.25, 0.3) is 5.91 Å². The van der Waals surface area contributed by atoms with E-state index in [1.54, 1.807) is 24.3 Å². The number of nitrogens with zero attached hydrogens (tertiary/aromatic N) is 1. The molecule has 94 valence electrons. The predicted octanol–water partition coefficient (Wildman–Crippen LogP) is 0.654. The van der Waals surface area contributed by atoms with Crippen LogP contribution < -0.4 is 16.6 Å². The molecule has 0 radical (unpaired) electrons. The van der Waals surface area contributed by atoms with Gasteiger partial charge in [-0.2, -0.15) is 0 Å². The number of rotatable bonds is 6. The normalized spacial score (nSPS) is 10.4. The van der Waals surface area contributed by atoms with E-state index in [9.17, 15) is 4.79 Å². The van der Waals surface area contributed by atoms with Gasteiger partial charge in [-0.1, -0.05) is 0 Å². The Labute approximate surface area is 102 Å². The number of nitrogens with two attached hydrogens (primary N) is 1. The molecular formula is C12H20N4O. The molecule has 0 atom stereocenters. The topological polar surface area (TPSA) is 70.4 Å². The minimum atomic E-state index is -0.0488. The number of nitrogen functional groups attached to an aromatic ring is 1. The van der Waals surface area contributed by atoms with Crippen molar-refractivity contribution in [3.63, 3.8) is 0 Å². The number of carbonyl (C=O) groups is 1. The van der Waals surface area contributed by atoms with Crippen molar-refractivity contribution in [3.8, 4) is 0 Å². The number of hydrogen-bond donors (Lipinski definition) is 3. The van der Waals surface area contributed by atoms with E-state index < -0.39 is 0 Å². The van der Waals surface area contributed by atoms with Crippen molar-refractivity contribution in [1.82, 2.24) is 10.2 Å². The van der Waals surface area contributed by atoms with E-state index in [0.29, 0.717) is 12.1 Å². The Morgan fingerprint density at radius 3 is 2.47 bits per heavy atom. The van der Waals surface area contributed by atoms with E-state index in [0.717, 1.165) is 18.7 Å². The van der Waals surface area contributed by atoms with Gasteiger partial charge in [0, 0.05) is 17.8 Å². The van der Waals surface area contributed by atoms with Crippen LogP contribution in [0.3, 0.4) is 0 Å². The van der Waals surface area contributed by atoms with E-state index in [4.69, 9.17) is 5.84 Å². The zero-order valence-corrected chi connectivity index (χ0v) is 10.4. The van der Waals surface area contributed by atoms with Gasteiger partial charge in [-0.3, -0.25) is 10.6 Å². The van der Waals surface area contributed by atoms with Gasteiger partial charge in [0.2, 0.25) is 0 Å². The van der Waals surface area contributed by atoms with Crippen LogP contribution in [0.2, 0.25) is 0 Å². The maximum Gasteiger partial charge on any atom is 0.251 e. The number of benzene rings is 1. The first-order valence-electron chi connectivity index (χ1n) is 5.63. The SMILES string of the molecule is CN(C)CCCNC(=O)c1ccc(NN)cc1. The minimum Gasteiger partial charge on any atom is -0.352 e. The summed E-state index contributed by atoms with van der Waals surface area (Å²) >= 11 is 0. The van der Waals surface area contributed by atoms with Crippen molar-refractivity contribution in [2.24, 2.45) is 5.84 Å². The zero-order chi connectivity index (χ0) is 12.7. The van der Waals surface area contributed by atoms with E-state index in [1.165, 1.54) is 0 Å². The largest absolute Gasteiger partial charge is 0.352 e. The molecule has 5 heteroatoms. The van der Waals surface area contributed by atoms with Gasteiger partial charge in [-0.15, -0.1) is 0 Å². The van der Waals surface area contributed by atoms with Gasteiger partial charge >= 0.3 is 0 Å². The van der Waals surface area contributed by atoms with E-state index >= 15 is 0 Å². The molecule has 0 saturated carbocycles. The van der Waals surface area contributed by atoms with Crippen molar-refractivity contribution in [2.45, 2.75) is 6.42 Å². The lowest BCUT2D eigenvalue weighted by atomic mass is 10.2. The fourth-order valence-electron chi connectivity index (χ4n) is 1.42. The Kier molecular flexibility index (Phi) is 5.45. The fraction of sp³-hybridized carbons (Fsp3) is 0.417. The average molecular weight is 236 g/mol. The third-order valence-electron chi connectivity index (χ3n) is 2.38. The summed E-state index contributed by atoms with van der Waals surface area (Å²) < 4.78 is 0. The van der Waals surface area contributed by atoms with E-state index in [2.05, 4.69) is 15.6 Å². The summed E-state index contributed by atoms with van der Waals surface area (Å²) in [4.78, 5) is 13.8. The third kappa shape index (κ3) is 4.84. The Morgan fingerprint density at radius 1 is 1.29 bits per heavy atom. The lowest BCUT2D eigenvalue weighted by molar-refractivity contribution is 0.0952. The van der Waals surface area contributed by atoms with Gasteiger partial charge in [0.15, 0.2) is 0 Å². The molecule has 0 heterocycles. The van der Waals surface area contributed by atoms with Crippen LogP contribution in [0, 0.1) is 0 Å². The van der Waals surface area contributed by atoms with Crippen LogP contribution in [0.1, 0.15) is 16.8 Å². The lowest BCUT2D eigenvalue weighted by Crippen LogP contribution is -2.27. The molecule has 5 nitrogen and oxygen atoms in total. The van der Waals surface area contributed by atoms with E-state index in [-0.39, 0.29) is 5.91 Å². The maximum absolute atomic E-state index is 11.7. The quantitative estimate of drug-likeness (QED) is 0.385. The predicted molar refractivity (Wildman–Crippen MR) is 69.8 cm³/mol. The maximum atomic E-state index is 11.7. The number of hydrazine groups is 1. The molecule has 0 aliphatic carbocycles. The zero-order valence-electron chi connectivity index (χ0n) is 10.4. The molecule has 0 aliphatic heterocycles. The molecule has 0 spiro atoms. The smallest absolute Gasteiger partial charge is 0.251 e. The standard InChI is InChI=1S/C12H20N4O/c1-16(2)9-3-8-14-12(17)10-4-6-11(15-13)7-5-10/h4-7,15H,3,8-9,13H2,1-2H3,(H,14,17). The summed E-state index contributed by atoms with van der Waals surface area (Å²) in [5, 5.41) is 2.87. The molecule has 0 unspecified atom stereocenters. The second-order valence-corrected chi connectivity index (χ2v) is 4.13. The first-order chi connectivity index (χ1) is 8.13. The highest BCUT2D eigenvalue weighted by Crippen LogP contribution is 2.07. The highest BCUT2D eigenvalue weighted by atomic mass is 16.1. The average Bonchev–Trinajstić information content (AvgIpc) is 2.34. The monoisotopic (exact) mass is 236 g/mol. The third-order valence-corrected chi connectivity index (χ3v) is 2.38. The van der Waals surface area contributed by atoms with Crippen molar-refractivity contribution < 1.29 is 4.79 Å². The van der Waals surface area contributed by atoms with Gasteiger partial charge < -0.3 is 15.6 Å². The van der Waals surface area contributed by atoms with Crippen LogP contribution >= 0.6 is 0 Å². The molecule has 1 amide bonds. The number of carbonyl (C=O) groups excluding carboxylic acids is 1. The Hall–Kier alpha value is -1.59. The van der Waals surface area contributed by atoms with Gasteiger partial charge in [0.1, 0.15) is 0 Å². The molecule has 0 fully saturated rings. The molecule has 0 aromatic heterocycles. The number of amides is 1. The summed E-state index contributed by atoms with van der Waals surface area (Å²) in [5.41, 5.74) is 3.95. The second kappa shape index (κ2) is 6.88. The number of nitrogens with one attached hydrogen (secondary N) is 2. The summed E-state index contributed by atoms with van der Waals surface area (Å²) in [5.74, 6) is 5.20. The van der Waals surface area contributed by atoms with Crippen molar-refractivity contribution in [3.05, 3.63) is 29.8 Å².